The van der Waals surface area contributed by atoms with Crippen LogP contribution in [0.15, 0.2) is 0 Å². The van der Waals surface area contributed by atoms with Crippen LogP contribution in [-0.4, -0.2) is 180 Å². The summed E-state index contributed by atoms with van der Waals surface area (Å²) in [5, 5.41) is 0. The van der Waals surface area contributed by atoms with Gasteiger partial charge in [0, 0.05) is 13.0 Å². The number of hydrogen-bond acceptors (Lipinski definition) is 17. The molecule has 0 N–H and O–H groups in total. The van der Waals surface area contributed by atoms with E-state index in [9.17, 15) is 33.6 Å². The van der Waals surface area contributed by atoms with Crippen LogP contribution in [0.3, 0.4) is 0 Å². The number of rotatable bonds is 46. The molecule has 0 saturated carbocycles. The van der Waals surface area contributed by atoms with Crippen molar-refractivity contribution in [1.82, 2.24) is 19.6 Å². The van der Waals surface area contributed by atoms with E-state index in [1.54, 1.807) is 0 Å². The van der Waals surface area contributed by atoms with Crippen molar-refractivity contribution in [3.05, 3.63) is 0 Å². The maximum absolute atomic E-state index is 13.5. The first-order valence-electron chi connectivity index (χ1n) is 27.8. The fraction of sp³-hybridized carbons (Fsp3) is 0.870. The molecule has 1 heterocycles. The summed E-state index contributed by atoms with van der Waals surface area (Å²) < 4.78 is 38.9. The third kappa shape index (κ3) is 36.8. The standard InChI is InChI=1S/C54H98N4O14/c1-7-11-15-19-23-27-32-66-48(59)39-56(40-49(60)67-33-28-24-20-16-12-8-2)43-52(63)71-45-46-37-47(38-58(46)54(65)70-36-31-55(5)6)72-53(64)44-57(41-50(61)68-34-29-25-21-17-13-9-3)42-51(62)69-35-30-26-22-18-14-10-4/h46-47H,7-45H2,1-6H3/t46-,47-/m0/s1. The minimum Gasteiger partial charge on any atom is -0.465 e. The van der Waals surface area contributed by atoms with Gasteiger partial charge in [-0.1, -0.05) is 156 Å². The molecule has 72 heavy (non-hydrogen) atoms. The molecule has 0 radical (unpaired) electrons. The quantitative estimate of drug-likeness (QED) is 0.0320. The van der Waals surface area contributed by atoms with Crippen LogP contribution in [0, 0.1) is 0 Å². The lowest BCUT2D eigenvalue weighted by Gasteiger charge is -2.24. The zero-order chi connectivity index (χ0) is 53.0. The first-order valence-corrected chi connectivity index (χ1v) is 27.8. The lowest BCUT2D eigenvalue weighted by Crippen LogP contribution is -2.42. The van der Waals surface area contributed by atoms with Gasteiger partial charge in [0.05, 0.1) is 78.3 Å². The topological polar surface area (TPSA) is 197 Å². The number of carbonyl (C=O) groups is 7. The van der Waals surface area contributed by atoms with E-state index in [4.69, 9.17) is 33.2 Å². The number of nitrogens with zero attached hydrogens (tertiary/aromatic N) is 4. The highest BCUT2D eigenvalue weighted by Gasteiger charge is 2.39. The lowest BCUT2D eigenvalue weighted by molar-refractivity contribution is -0.156. The number of ether oxygens (including phenoxy) is 7. The summed E-state index contributed by atoms with van der Waals surface area (Å²) in [4.78, 5) is 97.9. The van der Waals surface area contributed by atoms with Crippen LogP contribution in [-0.2, 0) is 61.9 Å². The Labute approximate surface area is 433 Å². The summed E-state index contributed by atoms with van der Waals surface area (Å²) in [5.41, 5.74) is 0. The fourth-order valence-corrected chi connectivity index (χ4v) is 8.08. The van der Waals surface area contributed by atoms with Crippen LogP contribution in [0.5, 0.6) is 0 Å². The zero-order valence-corrected chi connectivity index (χ0v) is 45.7. The molecule has 0 aromatic heterocycles. The second-order valence-corrected chi connectivity index (χ2v) is 19.5. The van der Waals surface area contributed by atoms with E-state index in [2.05, 4.69) is 27.7 Å². The summed E-state index contributed by atoms with van der Waals surface area (Å²) in [6, 6.07) is -0.762. The molecular formula is C54H98N4O14. The molecule has 1 fully saturated rings. The van der Waals surface area contributed by atoms with Gasteiger partial charge in [0.1, 0.15) is 19.3 Å². The molecule has 0 aromatic rings. The number of likely N-dealkylation sites (tertiary alicyclic amines) is 1. The smallest absolute Gasteiger partial charge is 0.410 e. The average Bonchev–Trinajstić information content (AvgIpc) is 3.74. The van der Waals surface area contributed by atoms with E-state index in [1.807, 2.05) is 19.0 Å². The Kier molecular flexibility index (Phi) is 40.7. The molecule has 18 heteroatoms. The Bertz CT molecular complexity index is 1400. The minimum atomic E-state index is -0.844. The highest BCUT2D eigenvalue weighted by atomic mass is 16.6. The highest BCUT2D eigenvalue weighted by Crippen LogP contribution is 2.23. The first-order chi connectivity index (χ1) is 34.8. The van der Waals surface area contributed by atoms with Gasteiger partial charge in [-0.2, -0.15) is 0 Å². The zero-order valence-electron chi connectivity index (χ0n) is 45.7. The summed E-state index contributed by atoms with van der Waals surface area (Å²) in [6.45, 7) is 7.46. The number of unbranched alkanes of at least 4 members (excludes halogenated alkanes) is 20. The van der Waals surface area contributed by atoms with Gasteiger partial charge in [-0.05, 0) is 39.8 Å². The van der Waals surface area contributed by atoms with Crippen molar-refractivity contribution in [2.24, 2.45) is 0 Å². The summed E-state index contributed by atoms with van der Waals surface area (Å²) in [6.07, 6.45) is 23.0. The molecular weight excluding hydrogens is 929 g/mol. The van der Waals surface area contributed by atoms with Gasteiger partial charge in [0.25, 0.3) is 0 Å². The molecule has 2 atom stereocenters. The largest absolute Gasteiger partial charge is 0.465 e. The summed E-state index contributed by atoms with van der Waals surface area (Å²) in [7, 11) is 3.67. The normalized spacial score (nSPS) is 14.4. The molecule has 0 aliphatic carbocycles. The molecule has 0 aromatic carbocycles. The van der Waals surface area contributed by atoms with Crippen molar-refractivity contribution in [3.8, 4) is 0 Å². The van der Waals surface area contributed by atoms with E-state index in [0.717, 1.165) is 128 Å². The van der Waals surface area contributed by atoms with Crippen molar-refractivity contribution in [2.75, 3.05) is 106 Å². The molecule has 418 valence electrons. The maximum atomic E-state index is 13.5. The van der Waals surface area contributed by atoms with E-state index in [1.165, 1.54) is 14.7 Å². The third-order valence-electron chi connectivity index (χ3n) is 12.3. The number of hydrogen-bond donors (Lipinski definition) is 0. The fourth-order valence-electron chi connectivity index (χ4n) is 8.08. The predicted molar refractivity (Wildman–Crippen MR) is 276 cm³/mol. The number of likely N-dealkylation sites (N-methyl/N-ethyl adjacent to an activating group) is 1. The van der Waals surface area contributed by atoms with Crippen molar-refractivity contribution < 1.29 is 66.7 Å². The number of amides is 1. The van der Waals surface area contributed by atoms with Crippen LogP contribution < -0.4 is 0 Å². The Morgan fingerprint density at radius 1 is 0.403 bits per heavy atom. The van der Waals surface area contributed by atoms with E-state index in [0.29, 0.717) is 32.2 Å². The highest BCUT2D eigenvalue weighted by molar-refractivity contribution is 5.79. The van der Waals surface area contributed by atoms with Crippen molar-refractivity contribution in [1.29, 1.82) is 0 Å². The van der Waals surface area contributed by atoms with Crippen molar-refractivity contribution in [3.63, 3.8) is 0 Å². The molecule has 1 aliphatic rings. The summed E-state index contributed by atoms with van der Waals surface area (Å²) in [5.74, 6) is -3.83. The predicted octanol–water partition coefficient (Wildman–Crippen LogP) is 8.43. The molecule has 0 unspecified atom stereocenters. The molecule has 1 amide bonds. The van der Waals surface area contributed by atoms with Crippen molar-refractivity contribution >= 4 is 41.9 Å². The van der Waals surface area contributed by atoms with Gasteiger partial charge < -0.3 is 38.1 Å². The monoisotopic (exact) mass is 1030 g/mol. The molecule has 18 nitrogen and oxygen atoms in total. The second-order valence-electron chi connectivity index (χ2n) is 19.5. The third-order valence-corrected chi connectivity index (χ3v) is 12.3. The molecule has 1 aliphatic heterocycles. The number of carbonyl (C=O) groups excluding carboxylic acids is 7. The Hall–Kier alpha value is -4.03. The van der Waals surface area contributed by atoms with Gasteiger partial charge in [-0.3, -0.25) is 43.5 Å². The second kappa shape index (κ2) is 44.5. The van der Waals surface area contributed by atoms with E-state index in [-0.39, 0.29) is 78.8 Å². The summed E-state index contributed by atoms with van der Waals surface area (Å²) >= 11 is 0. The van der Waals surface area contributed by atoms with Crippen molar-refractivity contribution in [2.45, 2.75) is 200 Å². The van der Waals surface area contributed by atoms with Gasteiger partial charge in [-0.25, -0.2) is 4.79 Å². The van der Waals surface area contributed by atoms with Crippen LogP contribution >= 0.6 is 0 Å². The van der Waals surface area contributed by atoms with Gasteiger partial charge in [0.2, 0.25) is 0 Å². The van der Waals surface area contributed by atoms with Crippen LogP contribution in [0.4, 0.5) is 4.79 Å². The minimum absolute atomic E-state index is 0.0731. The molecule has 0 bridgehead atoms. The van der Waals surface area contributed by atoms with Crippen LogP contribution in [0.1, 0.15) is 188 Å². The Morgan fingerprint density at radius 2 is 0.722 bits per heavy atom. The lowest BCUT2D eigenvalue weighted by atomic mass is 10.1. The first kappa shape index (κ1) is 66.0. The van der Waals surface area contributed by atoms with Gasteiger partial charge in [0.15, 0.2) is 0 Å². The SMILES string of the molecule is CCCCCCCCOC(=O)CN(CC(=O)OCCCCCCCC)CC(=O)OC[C@@H]1C[C@H](OC(=O)CN(CC(=O)OCCCCCCCC)CC(=O)OCCCCCCCC)CN1C(=O)OCCN(C)C. The van der Waals surface area contributed by atoms with E-state index < -0.39 is 67.1 Å². The molecule has 1 rings (SSSR count). The Morgan fingerprint density at radius 3 is 1.07 bits per heavy atom. The Balaban J connectivity index is 3.03. The van der Waals surface area contributed by atoms with Crippen LogP contribution in [0.2, 0.25) is 0 Å². The average molecular weight is 1030 g/mol. The van der Waals surface area contributed by atoms with E-state index >= 15 is 0 Å². The van der Waals surface area contributed by atoms with Crippen LogP contribution in [0.25, 0.3) is 0 Å². The van der Waals surface area contributed by atoms with Gasteiger partial charge >= 0.3 is 41.9 Å². The maximum Gasteiger partial charge on any atom is 0.410 e. The van der Waals surface area contributed by atoms with Gasteiger partial charge in [-0.15, -0.1) is 0 Å². The molecule has 0 spiro atoms. The number of esters is 6. The molecule has 1 saturated heterocycles.